The second kappa shape index (κ2) is 9.44. The van der Waals surface area contributed by atoms with Crippen LogP contribution in [0.5, 0.6) is 11.5 Å². The van der Waals surface area contributed by atoms with E-state index in [1.165, 1.54) is 22.1 Å². The predicted molar refractivity (Wildman–Crippen MR) is 181 cm³/mol. The summed E-state index contributed by atoms with van der Waals surface area (Å²) >= 11 is 0. The van der Waals surface area contributed by atoms with Crippen LogP contribution < -0.4 is 4.74 Å². The standard InChI is InChI=1S/C42H26O/c1-2-12-27(13-3-1)28-14-10-15-29(26-28)40-31-17-4-6-19-33(31)41(34-20-7-5-18-32(34)40)37-25-24-36-30-16-8-9-22-38(30)43-39-23-11-21-35(37)42(36)39/h1-26H/i19D. The summed E-state index contributed by atoms with van der Waals surface area (Å²) < 4.78 is 15.7. The van der Waals surface area contributed by atoms with E-state index < -0.39 is 0 Å². The van der Waals surface area contributed by atoms with Crippen LogP contribution in [0.25, 0.3) is 76.8 Å². The Hall–Kier alpha value is -5.66. The van der Waals surface area contributed by atoms with Crippen LogP contribution in [0.4, 0.5) is 0 Å². The maximum Gasteiger partial charge on any atom is 0.135 e. The van der Waals surface area contributed by atoms with Crippen molar-refractivity contribution >= 4 is 32.3 Å². The van der Waals surface area contributed by atoms with Crippen molar-refractivity contribution in [2.45, 2.75) is 0 Å². The SMILES string of the molecule is [2H]c1cccc2c(-c3cccc(-c4ccccc4)c3)c3ccccc3c(-c3ccc4c5c(cccc35)Oc3ccccc3-4)c12. The van der Waals surface area contributed by atoms with E-state index in [0.717, 1.165) is 66.2 Å². The van der Waals surface area contributed by atoms with Gasteiger partial charge in [-0.15, -0.1) is 0 Å². The summed E-state index contributed by atoms with van der Waals surface area (Å²) in [5, 5.41) is 6.60. The van der Waals surface area contributed by atoms with Crippen LogP contribution in [-0.2, 0) is 0 Å². The van der Waals surface area contributed by atoms with Crippen LogP contribution in [0.2, 0.25) is 0 Å². The van der Waals surface area contributed by atoms with Crippen molar-refractivity contribution in [2.24, 2.45) is 0 Å². The molecule has 9 rings (SSSR count). The molecule has 1 heteroatoms. The van der Waals surface area contributed by atoms with Crippen LogP contribution in [0.1, 0.15) is 1.37 Å². The molecule has 0 aliphatic carbocycles. The van der Waals surface area contributed by atoms with Gasteiger partial charge in [0.25, 0.3) is 0 Å². The summed E-state index contributed by atoms with van der Waals surface area (Å²) in [6.45, 7) is 0. The smallest absolute Gasteiger partial charge is 0.135 e. The highest BCUT2D eigenvalue weighted by Crippen LogP contribution is 2.51. The summed E-state index contributed by atoms with van der Waals surface area (Å²) in [6.07, 6.45) is 0. The first-order valence-corrected chi connectivity index (χ1v) is 14.7. The second-order valence-corrected chi connectivity index (χ2v) is 11.1. The van der Waals surface area contributed by atoms with Crippen molar-refractivity contribution in [2.75, 3.05) is 0 Å². The molecular formula is C42H26O. The van der Waals surface area contributed by atoms with Crippen molar-refractivity contribution in [3.8, 4) is 56.0 Å². The lowest BCUT2D eigenvalue weighted by Gasteiger charge is -2.24. The Bertz CT molecular complexity index is 2420. The molecule has 0 spiro atoms. The van der Waals surface area contributed by atoms with Gasteiger partial charge in [0.15, 0.2) is 0 Å². The number of hydrogen-bond donors (Lipinski definition) is 0. The number of fused-ring (bicyclic) bond motifs is 4. The normalized spacial score (nSPS) is 12.2. The Morgan fingerprint density at radius 1 is 0.372 bits per heavy atom. The van der Waals surface area contributed by atoms with E-state index in [9.17, 15) is 1.37 Å². The van der Waals surface area contributed by atoms with Crippen molar-refractivity contribution in [3.63, 3.8) is 0 Å². The van der Waals surface area contributed by atoms with Crippen molar-refractivity contribution in [1.29, 1.82) is 0 Å². The molecule has 0 fully saturated rings. The molecule has 0 bridgehead atoms. The van der Waals surface area contributed by atoms with Gasteiger partial charge in [-0.05, 0) is 84.1 Å². The fourth-order valence-corrected chi connectivity index (χ4v) is 6.92. The first-order chi connectivity index (χ1) is 21.8. The zero-order valence-electron chi connectivity index (χ0n) is 24.3. The number of ether oxygens (including phenoxy) is 1. The molecule has 8 aromatic rings. The lowest BCUT2D eigenvalue weighted by molar-refractivity contribution is 0.487. The highest BCUT2D eigenvalue weighted by molar-refractivity contribution is 6.24. The van der Waals surface area contributed by atoms with E-state index in [1.807, 2.05) is 24.3 Å². The number of para-hydroxylation sites is 1. The molecule has 1 aliphatic heterocycles. The van der Waals surface area contributed by atoms with Gasteiger partial charge in [0, 0.05) is 10.9 Å². The van der Waals surface area contributed by atoms with E-state index in [-0.39, 0.29) is 0 Å². The molecule has 43 heavy (non-hydrogen) atoms. The average Bonchev–Trinajstić information content (AvgIpc) is 3.08. The maximum atomic E-state index is 9.28. The van der Waals surface area contributed by atoms with Gasteiger partial charge in [-0.1, -0.05) is 140 Å². The van der Waals surface area contributed by atoms with Gasteiger partial charge < -0.3 is 4.74 Å². The molecule has 0 aromatic heterocycles. The predicted octanol–water partition coefficient (Wildman–Crippen LogP) is 11.9. The van der Waals surface area contributed by atoms with Gasteiger partial charge in [0.05, 0.1) is 1.37 Å². The molecule has 8 aromatic carbocycles. The van der Waals surface area contributed by atoms with Crippen LogP contribution >= 0.6 is 0 Å². The van der Waals surface area contributed by atoms with Gasteiger partial charge in [-0.2, -0.15) is 0 Å². The molecule has 1 aliphatic rings. The van der Waals surface area contributed by atoms with Crippen LogP contribution in [0.3, 0.4) is 0 Å². The third-order valence-corrected chi connectivity index (χ3v) is 8.77. The lowest BCUT2D eigenvalue weighted by Crippen LogP contribution is -1.98. The monoisotopic (exact) mass is 547 g/mol. The Morgan fingerprint density at radius 2 is 0.977 bits per heavy atom. The Labute approximate surface area is 251 Å². The number of rotatable bonds is 3. The summed E-state index contributed by atoms with van der Waals surface area (Å²) in [5.74, 6) is 1.75. The molecule has 0 atom stereocenters. The van der Waals surface area contributed by atoms with E-state index in [0.29, 0.717) is 6.04 Å². The molecule has 0 N–H and O–H groups in total. The minimum absolute atomic E-state index is 0.519. The summed E-state index contributed by atoms with van der Waals surface area (Å²) in [4.78, 5) is 0. The molecular weight excluding hydrogens is 520 g/mol. The molecule has 0 unspecified atom stereocenters. The zero-order chi connectivity index (χ0) is 29.2. The Morgan fingerprint density at radius 3 is 1.86 bits per heavy atom. The highest BCUT2D eigenvalue weighted by Gasteiger charge is 2.23. The van der Waals surface area contributed by atoms with Crippen LogP contribution in [0, 0.1) is 0 Å². The third-order valence-electron chi connectivity index (χ3n) is 8.77. The van der Waals surface area contributed by atoms with Gasteiger partial charge in [-0.25, -0.2) is 0 Å². The number of benzene rings is 8. The van der Waals surface area contributed by atoms with Gasteiger partial charge in [0.2, 0.25) is 0 Å². The van der Waals surface area contributed by atoms with Crippen molar-refractivity contribution < 1.29 is 6.11 Å². The van der Waals surface area contributed by atoms with E-state index in [1.54, 1.807) is 0 Å². The quantitative estimate of drug-likeness (QED) is 0.200. The third kappa shape index (κ3) is 3.65. The zero-order valence-corrected chi connectivity index (χ0v) is 23.3. The number of hydrogen-bond acceptors (Lipinski definition) is 1. The first-order valence-electron chi connectivity index (χ1n) is 15.2. The maximum absolute atomic E-state index is 9.28. The second-order valence-electron chi connectivity index (χ2n) is 11.1. The van der Waals surface area contributed by atoms with Crippen molar-refractivity contribution in [3.05, 3.63) is 158 Å². The van der Waals surface area contributed by atoms with E-state index in [4.69, 9.17) is 4.74 Å². The molecule has 0 saturated heterocycles. The van der Waals surface area contributed by atoms with Gasteiger partial charge in [-0.3, -0.25) is 0 Å². The van der Waals surface area contributed by atoms with Gasteiger partial charge in [0.1, 0.15) is 11.5 Å². The molecule has 1 heterocycles. The highest BCUT2D eigenvalue weighted by atomic mass is 16.5. The summed E-state index contributed by atoms with van der Waals surface area (Å²) in [7, 11) is 0. The first kappa shape index (κ1) is 23.0. The van der Waals surface area contributed by atoms with Crippen LogP contribution in [0.15, 0.2) is 158 Å². The van der Waals surface area contributed by atoms with Crippen LogP contribution in [-0.4, -0.2) is 0 Å². The average molecular weight is 548 g/mol. The topological polar surface area (TPSA) is 9.23 Å². The van der Waals surface area contributed by atoms with Crippen molar-refractivity contribution in [1.82, 2.24) is 0 Å². The fourth-order valence-electron chi connectivity index (χ4n) is 6.92. The molecule has 200 valence electrons. The summed E-state index contributed by atoms with van der Waals surface area (Å²) in [5.41, 5.74) is 9.15. The lowest BCUT2D eigenvalue weighted by atomic mass is 9.83. The molecule has 0 amide bonds. The Kier molecular flexibility index (Phi) is 5.04. The Balaban J connectivity index is 1.38. The van der Waals surface area contributed by atoms with E-state index >= 15 is 0 Å². The molecule has 0 radical (unpaired) electrons. The summed E-state index contributed by atoms with van der Waals surface area (Å²) in [6, 6.07) is 53.6. The van der Waals surface area contributed by atoms with E-state index in [2.05, 4.69) is 127 Å². The molecule has 0 saturated carbocycles. The largest absolute Gasteiger partial charge is 0.456 e. The minimum Gasteiger partial charge on any atom is -0.456 e. The van der Waals surface area contributed by atoms with Gasteiger partial charge >= 0.3 is 0 Å². The minimum atomic E-state index is 0.519. The fraction of sp³-hybridized carbons (Fsp3) is 0. The molecule has 1 nitrogen and oxygen atoms in total.